The molecule has 0 radical (unpaired) electrons. The van der Waals surface area contributed by atoms with Gasteiger partial charge in [-0.1, -0.05) is 24.3 Å². The summed E-state index contributed by atoms with van der Waals surface area (Å²) >= 11 is 0. The summed E-state index contributed by atoms with van der Waals surface area (Å²) in [5.74, 6) is -0.491. The van der Waals surface area contributed by atoms with Gasteiger partial charge >= 0.3 is 0 Å². The molecule has 0 saturated heterocycles. The van der Waals surface area contributed by atoms with Crippen LogP contribution in [0.4, 0.5) is 11.4 Å². The van der Waals surface area contributed by atoms with Crippen molar-refractivity contribution in [2.45, 2.75) is 18.2 Å². The van der Waals surface area contributed by atoms with Crippen molar-refractivity contribution in [1.29, 1.82) is 0 Å². The second kappa shape index (κ2) is 8.00. The van der Waals surface area contributed by atoms with E-state index in [0.717, 1.165) is 23.9 Å². The van der Waals surface area contributed by atoms with Gasteiger partial charge in [-0.2, -0.15) is 0 Å². The summed E-state index contributed by atoms with van der Waals surface area (Å²) in [5, 5.41) is 2.77. The number of carbonyl (C=O) groups excluding carboxylic acids is 2. The molecule has 1 heterocycles. The molecule has 2 amide bonds. The molecule has 0 spiro atoms. The molecule has 1 N–H and O–H groups in total. The lowest BCUT2D eigenvalue weighted by molar-refractivity contribution is 0.0988. The van der Waals surface area contributed by atoms with E-state index in [1.807, 2.05) is 24.3 Å². The average molecular weight is 435 g/mol. The molecular weight excluding hydrogens is 412 g/mol. The van der Waals surface area contributed by atoms with E-state index in [-0.39, 0.29) is 16.4 Å². The number of nitrogens with zero attached hydrogens (tertiary/aromatic N) is 1. The Bertz CT molecular complexity index is 1280. The van der Waals surface area contributed by atoms with E-state index in [2.05, 4.69) is 5.32 Å². The van der Waals surface area contributed by atoms with E-state index in [0.29, 0.717) is 23.4 Å². The van der Waals surface area contributed by atoms with Crippen LogP contribution in [-0.4, -0.2) is 33.0 Å². The fourth-order valence-electron chi connectivity index (χ4n) is 3.68. The van der Waals surface area contributed by atoms with Gasteiger partial charge in [-0.3, -0.25) is 9.59 Å². The molecule has 0 atom stereocenters. The molecule has 4 rings (SSSR count). The van der Waals surface area contributed by atoms with Gasteiger partial charge in [-0.05, 0) is 66.9 Å². The highest BCUT2D eigenvalue weighted by molar-refractivity contribution is 7.90. The highest BCUT2D eigenvalue weighted by Gasteiger charge is 2.25. The average Bonchev–Trinajstić information content (AvgIpc) is 3.17. The quantitative estimate of drug-likeness (QED) is 0.676. The molecule has 3 aromatic rings. The highest BCUT2D eigenvalue weighted by Crippen LogP contribution is 2.29. The normalized spacial score (nSPS) is 13.0. The molecule has 0 bridgehead atoms. The molecule has 158 valence electrons. The first-order valence-corrected chi connectivity index (χ1v) is 11.7. The maximum absolute atomic E-state index is 12.9. The SMILES string of the molecule is Cc1ccc(S(C)(=O)=O)cc1C(=O)Nc1ccc(C(=O)N2CCc3ccccc32)cc1. The number of nitrogens with one attached hydrogen (secondary N) is 1. The summed E-state index contributed by atoms with van der Waals surface area (Å²) in [5.41, 5.74) is 4.11. The summed E-state index contributed by atoms with van der Waals surface area (Å²) in [6.45, 7) is 2.39. The Morgan fingerprint density at radius 3 is 2.39 bits per heavy atom. The van der Waals surface area contributed by atoms with Crippen molar-refractivity contribution >= 4 is 33.0 Å². The number of para-hydroxylation sites is 1. The second-order valence-corrected chi connectivity index (χ2v) is 9.63. The Balaban J connectivity index is 1.51. The predicted molar refractivity (Wildman–Crippen MR) is 121 cm³/mol. The maximum Gasteiger partial charge on any atom is 0.258 e. The van der Waals surface area contributed by atoms with E-state index < -0.39 is 15.7 Å². The smallest absolute Gasteiger partial charge is 0.258 e. The van der Waals surface area contributed by atoms with Gasteiger partial charge in [0.05, 0.1) is 4.90 Å². The van der Waals surface area contributed by atoms with Gasteiger partial charge in [0, 0.05) is 35.3 Å². The third kappa shape index (κ3) is 4.22. The summed E-state index contributed by atoms with van der Waals surface area (Å²) in [6.07, 6.45) is 1.94. The van der Waals surface area contributed by atoms with Crippen LogP contribution >= 0.6 is 0 Å². The van der Waals surface area contributed by atoms with Crippen molar-refractivity contribution in [3.8, 4) is 0 Å². The lowest BCUT2D eigenvalue weighted by Gasteiger charge is -2.17. The highest BCUT2D eigenvalue weighted by atomic mass is 32.2. The van der Waals surface area contributed by atoms with Crippen LogP contribution in [-0.2, 0) is 16.3 Å². The topological polar surface area (TPSA) is 83.5 Å². The van der Waals surface area contributed by atoms with Crippen molar-refractivity contribution in [1.82, 2.24) is 0 Å². The Labute approximate surface area is 181 Å². The van der Waals surface area contributed by atoms with E-state index in [1.54, 1.807) is 42.2 Å². The minimum absolute atomic E-state index is 0.0838. The molecule has 6 nitrogen and oxygen atoms in total. The van der Waals surface area contributed by atoms with Crippen LogP contribution < -0.4 is 10.2 Å². The number of rotatable bonds is 4. The Kier molecular flexibility index (Phi) is 5.37. The molecule has 0 aliphatic carbocycles. The fourth-order valence-corrected chi connectivity index (χ4v) is 4.32. The van der Waals surface area contributed by atoms with Crippen molar-refractivity contribution in [3.05, 3.63) is 89.0 Å². The molecular formula is C24H22N2O4S. The van der Waals surface area contributed by atoms with Crippen molar-refractivity contribution in [2.24, 2.45) is 0 Å². The van der Waals surface area contributed by atoms with Crippen LogP contribution in [0.15, 0.2) is 71.6 Å². The number of carbonyl (C=O) groups is 2. The van der Waals surface area contributed by atoms with Crippen LogP contribution in [0.25, 0.3) is 0 Å². The first-order valence-electron chi connectivity index (χ1n) is 9.86. The standard InChI is InChI=1S/C24H22N2O4S/c1-16-7-12-20(31(2,29)30)15-21(16)23(27)25-19-10-8-18(9-11-19)24(28)26-14-13-17-5-3-4-6-22(17)26/h3-12,15H,13-14H2,1-2H3,(H,25,27). The van der Waals surface area contributed by atoms with Gasteiger partial charge < -0.3 is 10.2 Å². The van der Waals surface area contributed by atoms with E-state index in [9.17, 15) is 18.0 Å². The third-order valence-corrected chi connectivity index (χ3v) is 6.51. The minimum Gasteiger partial charge on any atom is -0.322 e. The summed E-state index contributed by atoms with van der Waals surface area (Å²) < 4.78 is 23.6. The van der Waals surface area contributed by atoms with Crippen molar-refractivity contribution < 1.29 is 18.0 Å². The Hall–Kier alpha value is -3.45. The van der Waals surface area contributed by atoms with E-state index >= 15 is 0 Å². The zero-order chi connectivity index (χ0) is 22.2. The summed E-state index contributed by atoms with van der Waals surface area (Å²) in [6, 6.07) is 19.0. The maximum atomic E-state index is 12.9. The van der Waals surface area contributed by atoms with Crippen molar-refractivity contribution in [2.75, 3.05) is 23.0 Å². The molecule has 0 saturated carbocycles. The molecule has 31 heavy (non-hydrogen) atoms. The first kappa shape index (κ1) is 20.8. The minimum atomic E-state index is -3.42. The first-order chi connectivity index (χ1) is 14.7. The number of fused-ring (bicyclic) bond motifs is 1. The van der Waals surface area contributed by atoms with Crippen LogP contribution in [0.5, 0.6) is 0 Å². The molecule has 1 aliphatic heterocycles. The van der Waals surface area contributed by atoms with Crippen molar-refractivity contribution in [3.63, 3.8) is 0 Å². The second-order valence-electron chi connectivity index (χ2n) is 7.62. The van der Waals surface area contributed by atoms with Gasteiger partial charge in [-0.15, -0.1) is 0 Å². The Morgan fingerprint density at radius 1 is 0.968 bits per heavy atom. The molecule has 7 heteroatoms. The number of amides is 2. The number of benzene rings is 3. The lowest BCUT2D eigenvalue weighted by atomic mass is 10.1. The molecule has 0 unspecified atom stereocenters. The monoisotopic (exact) mass is 434 g/mol. The molecule has 3 aromatic carbocycles. The van der Waals surface area contributed by atoms with E-state index in [1.165, 1.54) is 12.1 Å². The fraction of sp³-hybridized carbons (Fsp3) is 0.167. The van der Waals surface area contributed by atoms with Gasteiger partial charge in [0.15, 0.2) is 9.84 Å². The van der Waals surface area contributed by atoms with Gasteiger partial charge in [0.1, 0.15) is 0 Å². The number of anilines is 2. The van der Waals surface area contributed by atoms with Gasteiger partial charge in [0.2, 0.25) is 0 Å². The largest absolute Gasteiger partial charge is 0.322 e. The van der Waals surface area contributed by atoms with Crippen LogP contribution in [0.1, 0.15) is 31.8 Å². The van der Waals surface area contributed by atoms with Gasteiger partial charge in [0.25, 0.3) is 11.8 Å². The molecule has 0 fully saturated rings. The molecule has 1 aliphatic rings. The number of hydrogen-bond acceptors (Lipinski definition) is 4. The summed E-state index contributed by atoms with van der Waals surface area (Å²) in [4.78, 5) is 27.5. The number of hydrogen-bond donors (Lipinski definition) is 1. The zero-order valence-electron chi connectivity index (χ0n) is 17.3. The molecule has 0 aromatic heterocycles. The lowest BCUT2D eigenvalue weighted by Crippen LogP contribution is -2.28. The number of aryl methyl sites for hydroxylation is 1. The van der Waals surface area contributed by atoms with Gasteiger partial charge in [-0.25, -0.2) is 8.42 Å². The van der Waals surface area contributed by atoms with Crippen LogP contribution in [0.2, 0.25) is 0 Å². The predicted octanol–water partition coefficient (Wildman–Crippen LogP) is 3.85. The number of sulfone groups is 1. The Morgan fingerprint density at radius 2 is 1.68 bits per heavy atom. The zero-order valence-corrected chi connectivity index (χ0v) is 18.1. The third-order valence-electron chi connectivity index (χ3n) is 5.40. The van der Waals surface area contributed by atoms with Crippen LogP contribution in [0.3, 0.4) is 0 Å². The van der Waals surface area contributed by atoms with Crippen LogP contribution in [0, 0.1) is 6.92 Å². The van der Waals surface area contributed by atoms with E-state index in [4.69, 9.17) is 0 Å². The summed E-state index contributed by atoms with van der Waals surface area (Å²) in [7, 11) is -3.42.